The predicted octanol–water partition coefficient (Wildman–Crippen LogP) is -0.875. The Kier molecular flexibility index (Phi) is 10.0. The maximum absolute atomic E-state index is 11.6. The summed E-state index contributed by atoms with van der Waals surface area (Å²) in [5.74, 6) is -0.0823. The Bertz CT molecular complexity index is 196. The molecule has 2 atom stereocenters. The third-order valence-electron chi connectivity index (χ3n) is 2.33. The van der Waals surface area contributed by atoms with Gasteiger partial charge in [0.2, 0.25) is 5.91 Å². The van der Waals surface area contributed by atoms with Crippen molar-refractivity contribution in [2.24, 2.45) is 0 Å². The SMILES string of the molecule is COCCNC(=O)C(C)NC(CCO)COC. The number of aliphatic hydroxyl groups is 1. The largest absolute Gasteiger partial charge is 0.396 e. The minimum absolute atomic E-state index is 0.0202. The lowest BCUT2D eigenvalue weighted by atomic mass is 10.2. The zero-order valence-electron chi connectivity index (χ0n) is 10.9. The summed E-state index contributed by atoms with van der Waals surface area (Å²) >= 11 is 0. The van der Waals surface area contributed by atoms with Gasteiger partial charge in [-0.3, -0.25) is 4.79 Å². The fourth-order valence-electron chi connectivity index (χ4n) is 1.43. The molecule has 3 N–H and O–H groups in total. The van der Waals surface area contributed by atoms with Crippen molar-refractivity contribution in [1.82, 2.24) is 10.6 Å². The highest BCUT2D eigenvalue weighted by molar-refractivity contribution is 5.81. The van der Waals surface area contributed by atoms with E-state index in [1.54, 1.807) is 21.1 Å². The Morgan fingerprint density at radius 2 is 2.06 bits per heavy atom. The third-order valence-corrected chi connectivity index (χ3v) is 2.33. The van der Waals surface area contributed by atoms with Crippen LogP contribution >= 0.6 is 0 Å². The molecule has 0 heterocycles. The number of rotatable bonds is 10. The average molecular weight is 248 g/mol. The van der Waals surface area contributed by atoms with Gasteiger partial charge in [-0.2, -0.15) is 0 Å². The molecule has 0 spiro atoms. The van der Waals surface area contributed by atoms with Crippen molar-refractivity contribution in [2.45, 2.75) is 25.4 Å². The van der Waals surface area contributed by atoms with Gasteiger partial charge in [-0.15, -0.1) is 0 Å². The van der Waals surface area contributed by atoms with Crippen LogP contribution in [0.4, 0.5) is 0 Å². The van der Waals surface area contributed by atoms with Crippen LogP contribution in [0.3, 0.4) is 0 Å². The summed E-state index contributed by atoms with van der Waals surface area (Å²) < 4.78 is 9.85. The van der Waals surface area contributed by atoms with Crippen molar-refractivity contribution < 1.29 is 19.4 Å². The lowest BCUT2D eigenvalue weighted by Gasteiger charge is -2.21. The van der Waals surface area contributed by atoms with E-state index in [4.69, 9.17) is 14.6 Å². The molecule has 0 saturated carbocycles. The highest BCUT2D eigenvalue weighted by Crippen LogP contribution is 1.95. The number of amides is 1. The first-order chi connectivity index (χ1) is 8.15. The van der Waals surface area contributed by atoms with Crippen LogP contribution in [0.15, 0.2) is 0 Å². The summed E-state index contributed by atoms with van der Waals surface area (Å²) in [6, 6.07) is -0.341. The molecule has 0 aliphatic heterocycles. The molecular weight excluding hydrogens is 224 g/mol. The van der Waals surface area contributed by atoms with Crippen LogP contribution in [-0.2, 0) is 14.3 Å². The van der Waals surface area contributed by atoms with Gasteiger partial charge in [0.25, 0.3) is 0 Å². The van der Waals surface area contributed by atoms with E-state index >= 15 is 0 Å². The summed E-state index contributed by atoms with van der Waals surface area (Å²) in [7, 11) is 3.18. The summed E-state index contributed by atoms with van der Waals surface area (Å²) in [6.07, 6.45) is 0.559. The van der Waals surface area contributed by atoms with E-state index in [1.165, 1.54) is 0 Å². The molecule has 1 amide bonds. The van der Waals surface area contributed by atoms with Gasteiger partial charge in [-0.05, 0) is 13.3 Å². The van der Waals surface area contributed by atoms with Crippen molar-refractivity contribution in [3.05, 3.63) is 0 Å². The van der Waals surface area contributed by atoms with Crippen LogP contribution in [0.1, 0.15) is 13.3 Å². The number of carbonyl (C=O) groups is 1. The molecular formula is C11H24N2O4. The van der Waals surface area contributed by atoms with E-state index in [1.807, 2.05) is 0 Å². The van der Waals surface area contributed by atoms with Gasteiger partial charge in [0.1, 0.15) is 0 Å². The van der Waals surface area contributed by atoms with Crippen LogP contribution in [0.25, 0.3) is 0 Å². The molecule has 0 aromatic carbocycles. The Hall–Kier alpha value is -0.690. The molecule has 0 aromatic rings. The number of hydrogen-bond donors (Lipinski definition) is 3. The van der Waals surface area contributed by atoms with Gasteiger partial charge < -0.3 is 25.2 Å². The monoisotopic (exact) mass is 248 g/mol. The zero-order chi connectivity index (χ0) is 13.1. The fourth-order valence-corrected chi connectivity index (χ4v) is 1.43. The van der Waals surface area contributed by atoms with Crippen LogP contribution < -0.4 is 10.6 Å². The first-order valence-electron chi connectivity index (χ1n) is 5.78. The lowest BCUT2D eigenvalue weighted by Crippen LogP contribution is -2.48. The minimum Gasteiger partial charge on any atom is -0.396 e. The molecule has 0 aliphatic rings. The molecule has 0 aliphatic carbocycles. The summed E-state index contributed by atoms with van der Waals surface area (Å²) in [6.45, 7) is 3.31. The van der Waals surface area contributed by atoms with Crippen LogP contribution in [0.5, 0.6) is 0 Å². The number of ether oxygens (including phenoxy) is 2. The van der Waals surface area contributed by atoms with Gasteiger partial charge in [-0.1, -0.05) is 0 Å². The van der Waals surface area contributed by atoms with Crippen molar-refractivity contribution >= 4 is 5.91 Å². The van der Waals surface area contributed by atoms with Crippen LogP contribution in [0, 0.1) is 0 Å². The van der Waals surface area contributed by atoms with Crippen molar-refractivity contribution in [3.63, 3.8) is 0 Å². The molecule has 0 saturated heterocycles. The van der Waals surface area contributed by atoms with Crippen molar-refractivity contribution in [3.8, 4) is 0 Å². The van der Waals surface area contributed by atoms with E-state index in [9.17, 15) is 4.79 Å². The molecule has 0 bridgehead atoms. The van der Waals surface area contributed by atoms with E-state index in [0.717, 1.165) is 0 Å². The van der Waals surface area contributed by atoms with Crippen molar-refractivity contribution in [1.29, 1.82) is 0 Å². The van der Waals surface area contributed by atoms with Crippen LogP contribution in [-0.4, -0.2) is 63.7 Å². The molecule has 0 fully saturated rings. The molecule has 17 heavy (non-hydrogen) atoms. The smallest absolute Gasteiger partial charge is 0.236 e. The van der Waals surface area contributed by atoms with E-state index < -0.39 is 0 Å². The van der Waals surface area contributed by atoms with E-state index in [0.29, 0.717) is 26.2 Å². The number of aliphatic hydroxyl groups excluding tert-OH is 1. The number of methoxy groups -OCH3 is 2. The second-order valence-corrected chi connectivity index (χ2v) is 3.84. The van der Waals surface area contributed by atoms with Gasteiger partial charge in [0.15, 0.2) is 0 Å². The zero-order valence-corrected chi connectivity index (χ0v) is 10.9. The lowest BCUT2D eigenvalue weighted by molar-refractivity contribution is -0.123. The van der Waals surface area contributed by atoms with Gasteiger partial charge in [0, 0.05) is 33.4 Å². The molecule has 2 unspecified atom stereocenters. The number of nitrogens with one attached hydrogen (secondary N) is 2. The summed E-state index contributed by atoms with van der Waals surface area (Å²) in [4.78, 5) is 11.6. The van der Waals surface area contributed by atoms with Gasteiger partial charge in [-0.25, -0.2) is 0 Å². The quantitative estimate of drug-likeness (QED) is 0.438. The molecule has 102 valence electrons. The van der Waals surface area contributed by atoms with E-state index in [-0.39, 0.29) is 24.6 Å². The Labute approximate surface area is 103 Å². The maximum atomic E-state index is 11.6. The van der Waals surface area contributed by atoms with Crippen LogP contribution in [0.2, 0.25) is 0 Å². The first-order valence-corrected chi connectivity index (χ1v) is 5.78. The standard InChI is InChI=1S/C11H24N2O4/c1-9(11(15)12-5-7-16-2)13-10(4-6-14)8-17-3/h9-10,13-14H,4-8H2,1-3H3,(H,12,15). The predicted molar refractivity (Wildman–Crippen MR) is 64.9 cm³/mol. The highest BCUT2D eigenvalue weighted by Gasteiger charge is 2.16. The molecule has 0 rings (SSSR count). The number of carbonyl (C=O) groups excluding carboxylic acids is 1. The molecule has 6 nitrogen and oxygen atoms in total. The summed E-state index contributed by atoms with van der Waals surface area (Å²) in [5.41, 5.74) is 0. The Balaban J connectivity index is 3.92. The molecule has 6 heteroatoms. The second kappa shape index (κ2) is 10.5. The van der Waals surface area contributed by atoms with Crippen molar-refractivity contribution in [2.75, 3.05) is 40.6 Å². The second-order valence-electron chi connectivity index (χ2n) is 3.84. The fraction of sp³-hybridized carbons (Fsp3) is 0.909. The average Bonchev–Trinajstić information content (AvgIpc) is 2.29. The molecule has 0 aromatic heterocycles. The van der Waals surface area contributed by atoms with Gasteiger partial charge in [0.05, 0.1) is 19.3 Å². The normalized spacial score (nSPS) is 14.4. The van der Waals surface area contributed by atoms with Gasteiger partial charge >= 0.3 is 0 Å². The third kappa shape index (κ3) is 8.09. The Morgan fingerprint density at radius 1 is 1.35 bits per heavy atom. The first kappa shape index (κ1) is 16.3. The number of hydrogen-bond acceptors (Lipinski definition) is 5. The highest BCUT2D eigenvalue weighted by atomic mass is 16.5. The Morgan fingerprint density at radius 3 is 2.59 bits per heavy atom. The maximum Gasteiger partial charge on any atom is 0.236 e. The van der Waals surface area contributed by atoms with E-state index in [2.05, 4.69) is 10.6 Å². The molecule has 0 radical (unpaired) electrons. The topological polar surface area (TPSA) is 79.8 Å². The minimum atomic E-state index is -0.321. The summed E-state index contributed by atoms with van der Waals surface area (Å²) in [5, 5.41) is 14.7.